The molecule has 0 unspecified atom stereocenters. The van der Waals surface area contributed by atoms with E-state index in [0.29, 0.717) is 0 Å². The third kappa shape index (κ3) is 4520. The van der Waals surface area contributed by atoms with Crippen LogP contribution in [0.5, 0.6) is 0 Å². The minimum atomic E-state index is -2.27. The Bertz CT molecular complexity index is 53.8. The Hall–Kier alpha value is 0.0931. The van der Waals surface area contributed by atoms with E-state index in [-0.39, 0.29) is 0 Å². The molecular formula is C3H5O2Zr-. The molecule has 6 heavy (non-hydrogen) atoms. The van der Waals surface area contributed by atoms with Crippen LogP contribution in [0.3, 0.4) is 0 Å². The van der Waals surface area contributed by atoms with Crippen molar-refractivity contribution in [2.45, 2.75) is 0 Å². The molecule has 0 saturated heterocycles. The first-order valence-corrected chi connectivity index (χ1v) is 3.23. The van der Waals surface area contributed by atoms with Crippen LogP contribution in [0.2, 0.25) is 0 Å². The van der Waals surface area contributed by atoms with Gasteiger partial charge < -0.3 is 0 Å². The van der Waals surface area contributed by atoms with E-state index in [9.17, 15) is 0 Å². The molecule has 0 radical (unpaired) electrons. The maximum absolute atomic E-state index is 8.54. The second kappa shape index (κ2) is 19.5. The summed E-state index contributed by atoms with van der Waals surface area (Å²) in [4.78, 5) is 0. The van der Waals surface area contributed by atoms with E-state index in [1.165, 1.54) is 6.08 Å². The second-order valence-electron chi connectivity index (χ2n) is 0.372. The minimum absolute atomic E-state index is 1.50. The van der Waals surface area contributed by atoms with Crippen molar-refractivity contribution in [3.05, 3.63) is 19.6 Å². The van der Waals surface area contributed by atoms with Crippen molar-refractivity contribution in [2.75, 3.05) is 0 Å². The summed E-state index contributed by atoms with van der Waals surface area (Å²) in [5, 5.41) is 0. The molecular weight excluding hydrogens is 159 g/mol. The first kappa shape index (κ1) is 9.43. The van der Waals surface area contributed by atoms with Crippen molar-refractivity contribution in [3.8, 4) is 0 Å². The van der Waals surface area contributed by atoms with E-state index < -0.39 is 23.2 Å². The van der Waals surface area contributed by atoms with Gasteiger partial charge in [-0.15, -0.1) is 0 Å². The summed E-state index contributed by atoms with van der Waals surface area (Å²) in [6, 6.07) is 0. The Kier molecular flexibility index (Phi) is 30.6. The first-order chi connectivity index (χ1) is 2.83. The van der Waals surface area contributed by atoms with Crippen molar-refractivity contribution in [1.29, 1.82) is 0 Å². The van der Waals surface area contributed by atoms with Gasteiger partial charge in [-0.05, 0) is 0 Å². The molecule has 0 aliphatic heterocycles. The molecule has 0 amide bonds. The van der Waals surface area contributed by atoms with Gasteiger partial charge in [0.15, 0.2) is 0 Å². The van der Waals surface area contributed by atoms with E-state index in [2.05, 4.69) is 13.5 Å². The molecule has 0 aromatic carbocycles. The molecule has 0 atom stereocenters. The van der Waals surface area contributed by atoms with E-state index in [1.54, 1.807) is 0 Å². The molecule has 0 aliphatic rings. The average molecular weight is 164 g/mol. The van der Waals surface area contributed by atoms with Crippen LogP contribution in [-0.4, -0.2) is 0 Å². The monoisotopic (exact) mass is 163 g/mol. The molecule has 0 heterocycles. The third-order valence-electron chi connectivity index (χ3n) is 0. The summed E-state index contributed by atoms with van der Waals surface area (Å²) in [5.74, 6) is 0. The zero-order valence-electron chi connectivity index (χ0n) is 3.31. The molecule has 0 aliphatic carbocycles. The molecule has 0 aromatic heterocycles. The van der Waals surface area contributed by atoms with Crippen LogP contribution in [-0.2, 0) is 28.9 Å². The predicted molar refractivity (Wildman–Crippen MR) is 16.9 cm³/mol. The Morgan fingerprint density at radius 1 is 1.67 bits per heavy atom. The van der Waals surface area contributed by atoms with Gasteiger partial charge in [0.2, 0.25) is 0 Å². The van der Waals surface area contributed by atoms with Gasteiger partial charge in [-0.3, -0.25) is 0 Å². The van der Waals surface area contributed by atoms with Gasteiger partial charge in [-0.1, -0.05) is 0 Å². The summed E-state index contributed by atoms with van der Waals surface area (Å²) in [6.07, 6.45) is 1.50. The van der Waals surface area contributed by atoms with Crippen LogP contribution in [0.1, 0.15) is 0 Å². The molecule has 0 fully saturated rings. The molecule has 0 bridgehead atoms. The average Bonchev–Trinajstić information content (AvgIpc) is 1.39. The molecule has 34 valence electrons. The quantitative estimate of drug-likeness (QED) is 0.495. The maximum atomic E-state index is 8.54. The van der Waals surface area contributed by atoms with E-state index in [0.717, 1.165) is 0 Å². The molecule has 0 spiro atoms. The topological polar surface area (TPSA) is 34.1 Å². The summed E-state index contributed by atoms with van der Waals surface area (Å²) in [7, 11) is 0. The van der Waals surface area contributed by atoms with Crippen molar-refractivity contribution < 1.29 is 28.9 Å². The first-order valence-electron chi connectivity index (χ1n) is 1.22. The van der Waals surface area contributed by atoms with Crippen LogP contribution in [0, 0.1) is 6.92 Å². The zero-order chi connectivity index (χ0) is 5.41. The van der Waals surface area contributed by atoms with Crippen LogP contribution in [0.4, 0.5) is 0 Å². The van der Waals surface area contributed by atoms with Gasteiger partial charge in [-0.2, -0.15) is 0 Å². The fraction of sp³-hybridized carbons (Fsp3) is 0. The summed E-state index contributed by atoms with van der Waals surface area (Å²) in [5.41, 5.74) is 0. The van der Waals surface area contributed by atoms with Gasteiger partial charge in [0, 0.05) is 0 Å². The molecule has 0 N–H and O–H groups in total. The molecule has 0 saturated carbocycles. The van der Waals surface area contributed by atoms with E-state index in [4.69, 9.17) is 5.63 Å². The van der Waals surface area contributed by atoms with Crippen LogP contribution < -0.4 is 0 Å². The fourth-order valence-electron chi connectivity index (χ4n) is 0. The molecule has 0 aromatic rings. The van der Waals surface area contributed by atoms with Crippen LogP contribution in [0.15, 0.2) is 12.7 Å². The second-order valence-corrected chi connectivity index (χ2v) is 0.782. The Balaban J connectivity index is 0. The number of hydrogen-bond donors (Lipinski definition) is 0. The zero-order valence-corrected chi connectivity index (χ0v) is 5.77. The van der Waals surface area contributed by atoms with Gasteiger partial charge in [0.25, 0.3) is 0 Å². The van der Waals surface area contributed by atoms with Crippen LogP contribution >= 0.6 is 0 Å². The predicted octanol–water partition coefficient (Wildman–Crippen LogP) is 0.766. The Morgan fingerprint density at radius 2 is 1.67 bits per heavy atom. The van der Waals surface area contributed by atoms with Gasteiger partial charge in [0.1, 0.15) is 0 Å². The molecule has 0 rings (SSSR count). The Morgan fingerprint density at radius 3 is 1.67 bits per heavy atom. The summed E-state index contributed by atoms with van der Waals surface area (Å²) < 4.78 is 17.1. The number of allylic oxidation sites excluding steroid dienone is 1. The summed E-state index contributed by atoms with van der Waals surface area (Å²) >= 11 is -2.27. The van der Waals surface area contributed by atoms with Crippen molar-refractivity contribution in [1.82, 2.24) is 0 Å². The number of hydrogen-bond acceptors (Lipinski definition) is 2. The van der Waals surface area contributed by atoms with E-state index >= 15 is 0 Å². The fourth-order valence-corrected chi connectivity index (χ4v) is 0. The summed E-state index contributed by atoms with van der Waals surface area (Å²) in [6.45, 7) is 6.50. The van der Waals surface area contributed by atoms with E-state index in [1.807, 2.05) is 0 Å². The van der Waals surface area contributed by atoms with Gasteiger partial charge in [-0.25, -0.2) is 19.6 Å². The number of rotatable bonds is 0. The van der Waals surface area contributed by atoms with Crippen molar-refractivity contribution in [3.63, 3.8) is 0 Å². The van der Waals surface area contributed by atoms with Gasteiger partial charge >= 0.3 is 28.9 Å². The standard InChI is InChI=1S/C3H5.2O.Zr/c1-3-2;;;/h3H,1-2H2;;;/q-1;;;. The van der Waals surface area contributed by atoms with Crippen molar-refractivity contribution >= 4 is 0 Å². The van der Waals surface area contributed by atoms with Crippen molar-refractivity contribution in [2.24, 2.45) is 0 Å². The van der Waals surface area contributed by atoms with Gasteiger partial charge in [0.05, 0.1) is 0 Å². The Labute approximate surface area is 48.7 Å². The third-order valence-corrected chi connectivity index (χ3v) is 0. The van der Waals surface area contributed by atoms with Crippen LogP contribution in [0.25, 0.3) is 0 Å². The normalized spacial score (nSPS) is 3.33. The SMILES string of the molecule is C=C[CH2-].[O]=[Zr]=[O]. The molecule has 3 heteroatoms. The molecule has 2 nitrogen and oxygen atoms in total.